The molecule has 2 aliphatic rings. The lowest BCUT2D eigenvalue weighted by Crippen LogP contribution is -2.31. The van der Waals surface area contributed by atoms with Crippen LogP contribution in [0.4, 0.5) is 16.3 Å². The number of alkyl halides is 1. The molecule has 0 bridgehead atoms. The molecule has 2 aromatic rings. The highest BCUT2D eigenvalue weighted by atomic mass is 19.1. The molecule has 2 fully saturated rings. The molecular weight excluding hydrogens is 405 g/mol. The van der Waals surface area contributed by atoms with Crippen LogP contribution in [0.15, 0.2) is 30.5 Å². The molecule has 174 valence electrons. The predicted octanol–water partition coefficient (Wildman–Crippen LogP) is 4.39. The fourth-order valence-corrected chi connectivity index (χ4v) is 4.75. The second kappa shape index (κ2) is 10.9. The third-order valence-corrected chi connectivity index (χ3v) is 6.58. The van der Waals surface area contributed by atoms with E-state index in [1.165, 1.54) is 32.3 Å². The van der Waals surface area contributed by atoms with Crippen LogP contribution in [-0.2, 0) is 0 Å². The first-order valence-electron chi connectivity index (χ1n) is 12.1. The molecule has 0 amide bonds. The van der Waals surface area contributed by atoms with Crippen molar-refractivity contribution >= 4 is 23.1 Å². The highest BCUT2D eigenvalue weighted by Crippen LogP contribution is 2.36. The highest BCUT2D eigenvalue weighted by molar-refractivity contribution is 5.75. The van der Waals surface area contributed by atoms with E-state index in [1.54, 1.807) is 6.08 Å². The fraction of sp³-hybridized carbons (Fsp3) is 0.625. The number of nitrogens with two attached hydrogens (primary N) is 1. The molecule has 7 nitrogen and oxygen atoms in total. The molecule has 2 aromatic heterocycles. The van der Waals surface area contributed by atoms with E-state index in [0.29, 0.717) is 18.5 Å². The number of nitrogens with zero attached hydrogens (tertiary/aromatic N) is 5. The molecule has 4 rings (SSSR count). The van der Waals surface area contributed by atoms with Crippen molar-refractivity contribution in [2.45, 2.75) is 64.1 Å². The summed E-state index contributed by atoms with van der Waals surface area (Å²) in [5, 5.41) is 3.44. The summed E-state index contributed by atoms with van der Waals surface area (Å²) >= 11 is 0. The normalized spacial score (nSPS) is 23.4. The summed E-state index contributed by atoms with van der Waals surface area (Å²) in [5.74, 6) is 2.25. The van der Waals surface area contributed by atoms with Gasteiger partial charge in [-0.05, 0) is 64.3 Å². The van der Waals surface area contributed by atoms with Gasteiger partial charge in [0, 0.05) is 25.7 Å². The highest BCUT2D eigenvalue weighted by Gasteiger charge is 2.26. The van der Waals surface area contributed by atoms with Gasteiger partial charge in [0.05, 0.1) is 6.20 Å². The molecule has 1 aliphatic heterocycles. The lowest BCUT2D eigenvalue weighted by Gasteiger charge is -2.30. The minimum atomic E-state index is -0.937. The van der Waals surface area contributed by atoms with Crippen molar-refractivity contribution < 1.29 is 4.39 Å². The van der Waals surface area contributed by atoms with E-state index in [4.69, 9.17) is 15.7 Å². The number of hydrogen-bond acceptors (Lipinski definition) is 6. The Hall–Kier alpha value is -2.48. The van der Waals surface area contributed by atoms with Crippen LogP contribution < -0.4 is 16.0 Å². The van der Waals surface area contributed by atoms with Gasteiger partial charge in [0.15, 0.2) is 5.65 Å². The minimum absolute atomic E-state index is 0.352. The minimum Gasteiger partial charge on any atom is -0.352 e. The van der Waals surface area contributed by atoms with E-state index >= 15 is 0 Å². The lowest BCUT2D eigenvalue weighted by molar-refractivity contribution is 0.284. The van der Waals surface area contributed by atoms with Gasteiger partial charge in [0.1, 0.15) is 11.7 Å². The zero-order valence-electron chi connectivity index (χ0n) is 19.1. The monoisotopic (exact) mass is 441 g/mol. The molecule has 1 saturated heterocycles. The van der Waals surface area contributed by atoms with Crippen LogP contribution in [0.5, 0.6) is 0 Å². The molecule has 1 aliphatic carbocycles. The number of halogens is 1. The summed E-state index contributed by atoms with van der Waals surface area (Å²) in [5.41, 5.74) is 7.66. The van der Waals surface area contributed by atoms with Gasteiger partial charge in [-0.1, -0.05) is 24.3 Å². The second-order valence-corrected chi connectivity index (χ2v) is 9.01. The van der Waals surface area contributed by atoms with Crippen molar-refractivity contribution in [2.75, 3.05) is 36.4 Å². The summed E-state index contributed by atoms with van der Waals surface area (Å²) in [6, 6.07) is 0.352. The predicted molar refractivity (Wildman–Crippen MR) is 129 cm³/mol. The van der Waals surface area contributed by atoms with Gasteiger partial charge in [-0.3, -0.25) is 4.57 Å². The van der Waals surface area contributed by atoms with Crippen LogP contribution in [0.2, 0.25) is 0 Å². The Balaban J connectivity index is 1.59. The van der Waals surface area contributed by atoms with Crippen LogP contribution in [0.3, 0.4) is 0 Å². The van der Waals surface area contributed by atoms with Crippen molar-refractivity contribution in [3.63, 3.8) is 0 Å². The molecule has 32 heavy (non-hydrogen) atoms. The number of allylic oxidation sites excluding steroid dienone is 3. The van der Waals surface area contributed by atoms with Crippen LogP contribution in [-0.4, -0.2) is 51.9 Å². The summed E-state index contributed by atoms with van der Waals surface area (Å²) in [4.78, 5) is 16.7. The standard InChI is InChI=1S/C24H36FN7/c1-18(25)8-4-2-5-13-27-24-29-21-17-28-23(31-14-6-3-7-15-31)30-22(21)32(24)20-11-9-19(16-26)10-12-20/h2,4-5,8,17-20H,3,6-7,9-16,26H2,1H3,(H,27,29)/b5-2-,8-4-. The van der Waals surface area contributed by atoms with Crippen molar-refractivity contribution in [1.82, 2.24) is 19.5 Å². The van der Waals surface area contributed by atoms with Gasteiger partial charge in [-0.15, -0.1) is 0 Å². The van der Waals surface area contributed by atoms with Gasteiger partial charge in [0.2, 0.25) is 11.9 Å². The third-order valence-electron chi connectivity index (χ3n) is 6.58. The Kier molecular flexibility index (Phi) is 7.73. The summed E-state index contributed by atoms with van der Waals surface area (Å²) in [6.45, 7) is 4.92. The molecule has 3 heterocycles. The maximum absolute atomic E-state index is 12.9. The Bertz CT molecular complexity index is 922. The smallest absolute Gasteiger partial charge is 0.227 e. The van der Waals surface area contributed by atoms with E-state index in [2.05, 4.69) is 19.8 Å². The van der Waals surface area contributed by atoms with Crippen LogP contribution >= 0.6 is 0 Å². The number of hydrogen-bond donors (Lipinski definition) is 2. The van der Waals surface area contributed by atoms with Gasteiger partial charge in [-0.25, -0.2) is 14.4 Å². The van der Waals surface area contributed by atoms with Gasteiger partial charge in [-0.2, -0.15) is 4.98 Å². The number of fused-ring (bicyclic) bond motifs is 1. The van der Waals surface area contributed by atoms with Crippen molar-refractivity contribution in [2.24, 2.45) is 11.7 Å². The molecule has 0 spiro atoms. The van der Waals surface area contributed by atoms with E-state index in [1.807, 2.05) is 18.3 Å². The average Bonchev–Trinajstić information content (AvgIpc) is 3.19. The van der Waals surface area contributed by atoms with Crippen molar-refractivity contribution in [1.29, 1.82) is 0 Å². The van der Waals surface area contributed by atoms with Crippen LogP contribution in [0.1, 0.15) is 57.9 Å². The first-order valence-corrected chi connectivity index (χ1v) is 12.1. The number of anilines is 2. The maximum Gasteiger partial charge on any atom is 0.227 e. The molecule has 1 unspecified atom stereocenters. The molecular formula is C24H36FN7. The topological polar surface area (TPSA) is 84.9 Å². The molecule has 0 radical (unpaired) electrons. The SMILES string of the molecule is CC(F)/C=C\C=C/CNc1nc2cnc(N3CCCCC3)nc2n1C1CCC(CN)CC1. The molecule has 1 saturated carbocycles. The van der Waals surface area contributed by atoms with Gasteiger partial charge < -0.3 is 16.0 Å². The summed E-state index contributed by atoms with van der Waals surface area (Å²) < 4.78 is 15.2. The second-order valence-electron chi connectivity index (χ2n) is 9.01. The van der Waals surface area contributed by atoms with Gasteiger partial charge in [0.25, 0.3) is 0 Å². The Labute approximate surface area is 190 Å². The summed E-state index contributed by atoms with van der Waals surface area (Å²) in [6.07, 6.45) is 16.1. The Morgan fingerprint density at radius 3 is 2.66 bits per heavy atom. The molecule has 8 heteroatoms. The van der Waals surface area contributed by atoms with Gasteiger partial charge >= 0.3 is 0 Å². The quantitative estimate of drug-likeness (QED) is 0.591. The van der Waals surface area contributed by atoms with Crippen LogP contribution in [0, 0.1) is 5.92 Å². The summed E-state index contributed by atoms with van der Waals surface area (Å²) in [7, 11) is 0. The Morgan fingerprint density at radius 2 is 1.94 bits per heavy atom. The number of imidazole rings is 1. The fourth-order valence-electron chi connectivity index (χ4n) is 4.75. The number of piperidine rings is 1. The molecule has 3 N–H and O–H groups in total. The zero-order chi connectivity index (χ0) is 22.3. The van der Waals surface area contributed by atoms with Crippen LogP contribution in [0.25, 0.3) is 11.2 Å². The number of aromatic nitrogens is 4. The van der Waals surface area contributed by atoms with E-state index in [0.717, 1.165) is 68.4 Å². The lowest BCUT2D eigenvalue weighted by atomic mass is 9.86. The molecule has 1 atom stereocenters. The van der Waals surface area contributed by atoms with E-state index in [-0.39, 0.29) is 0 Å². The first kappa shape index (κ1) is 22.7. The van der Waals surface area contributed by atoms with Crippen molar-refractivity contribution in [3.8, 4) is 0 Å². The van der Waals surface area contributed by atoms with Crippen molar-refractivity contribution in [3.05, 3.63) is 30.5 Å². The number of nitrogens with one attached hydrogen (secondary N) is 1. The first-order chi connectivity index (χ1) is 15.7. The average molecular weight is 442 g/mol. The maximum atomic E-state index is 12.9. The third kappa shape index (κ3) is 5.46. The Morgan fingerprint density at radius 1 is 1.16 bits per heavy atom. The zero-order valence-corrected chi connectivity index (χ0v) is 19.1. The largest absolute Gasteiger partial charge is 0.352 e. The number of rotatable bonds is 8. The van der Waals surface area contributed by atoms with E-state index in [9.17, 15) is 4.39 Å². The molecule has 0 aromatic carbocycles. The van der Waals surface area contributed by atoms with E-state index < -0.39 is 6.17 Å².